The lowest BCUT2D eigenvalue weighted by Gasteiger charge is -2.10. The number of imidazole rings is 1. The summed E-state index contributed by atoms with van der Waals surface area (Å²) in [7, 11) is 3.65. The number of amidine groups is 2. The Morgan fingerprint density at radius 2 is 2.20 bits per heavy atom. The fourth-order valence-electron chi connectivity index (χ4n) is 3.90. The Labute approximate surface area is 176 Å². The summed E-state index contributed by atoms with van der Waals surface area (Å²) in [6.07, 6.45) is 12.2. The average molecular weight is 406 g/mol. The third-order valence-corrected chi connectivity index (χ3v) is 5.61. The molecule has 1 aliphatic rings. The first kappa shape index (κ1) is 20.0. The van der Waals surface area contributed by atoms with Crippen molar-refractivity contribution in [2.75, 3.05) is 7.11 Å². The van der Waals surface area contributed by atoms with Crippen molar-refractivity contribution in [1.29, 1.82) is 0 Å². The summed E-state index contributed by atoms with van der Waals surface area (Å²) in [4.78, 5) is 21.6. The van der Waals surface area contributed by atoms with Crippen molar-refractivity contribution < 1.29 is 4.74 Å². The number of hydrogen-bond acceptors (Lipinski definition) is 4. The molecule has 0 bridgehead atoms. The molecule has 3 aromatic heterocycles. The van der Waals surface area contributed by atoms with E-state index in [1.165, 1.54) is 0 Å². The van der Waals surface area contributed by atoms with Crippen molar-refractivity contribution in [3.63, 3.8) is 0 Å². The number of ether oxygens (including phenoxy) is 1. The Hall–Kier alpha value is -3.26. The third kappa shape index (κ3) is 4.04. The summed E-state index contributed by atoms with van der Waals surface area (Å²) >= 11 is 0. The van der Waals surface area contributed by atoms with Crippen LogP contribution in [0.4, 0.5) is 0 Å². The number of rotatable bonds is 5. The zero-order chi connectivity index (χ0) is 21.1. The molecule has 30 heavy (non-hydrogen) atoms. The van der Waals surface area contributed by atoms with E-state index in [1.807, 2.05) is 42.3 Å². The molecule has 0 saturated heterocycles. The highest BCUT2D eigenvalue weighted by Crippen LogP contribution is 2.28. The molecule has 0 aliphatic heterocycles. The molecule has 156 valence electrons. The van der Waals surface area contributed by atoms with E-state index in [0.29, 0.717) is 17.5 Å². The molecule has 4 rings (SSSR count). The first-order valence-corrected chi connectivity index (χ1v) is 10.1. The van der Waals surface area contributed by atoms with E-state index in [-0.39, 0.29) is 12.1 Å². The Morgan fingerprint density at radius 3 is 2.87 bits per heavy atom. The van der Waals surface area contributed by atoms with Gasteiger partial charge in [0.1, 0.15) is 0 Å². The molecule has 2 atom stereocenters. The fraction of sp³-hybridized carbons (Fsp3) is 0.364. The Kier molecular flexibility index (Phi) is 5.76. The first-order valence-electron chi connectivity index (χ1n) is 10.1. The second-order valence-corrected chi connectivity index (χ2v) is 7.58. The van der Waals surface area contributed by atoms with Crippen molar-refractivity contribution in [1.82, 2.24) is 19.5 Å². The molecule has 0 spiro atoms. The van der Waals surface area contributed by atoms with Gasteiger partial charge in [-0.05, 0) is 37.8 Å². The molecule has 2 unspecified atom stereocenters. The normalized spacial score (nSPS) is 20.1. The molecule has 0 amide bonds. The van der Waals surface area contributed by atoms with Gasteiger partial charge in [0, 0.05) is 56.3 Å². The number of H-pyrrole nitrogens is 1. The van der Waals surface area contributed by atoms with Crippen LogP contribution in [0.25, 0.3) is 11.1 Å². The molecule has 1 aliphatic carbocycles. The van der Waals surface area contributed by atoms with Gasteiger partial charge in [-0.2, -0.15) is 0 Å². The first-order chi connectivity index (χ1) is 14.6. The second-order valence-electron chi connectivity index (χ2n) is 7.58. The molecular weight excluding hydrogens is 378 g/mol. The van der Waals surface area contributed by atoms with Gasteiger partial charge < -0.3 is 20.0 Å². The van der Waals surface area contributed by atoms with Crippen LogP contribution < -0.4 is 5.73 Å². The van der Waals surface area contributed by atoms with E-state index in [4.69, 9.17) is 20.5 Å². The summed E-state index contributed by atoms with van der Waals surface area (Å²) in [6.45, 7) is 2.06. The zero-order valence-corrected chi connectivity index (χ0v) is 17.5. The number of pyridine rings is 1. The van der Waals surface area contributed by atoms with E-state index >= 15 is 0 Å². The van der Waals surface area contributed by atoms with Gasteiger partial charge in [0.2, 0.25) is 0 Å². The maximum atomic E-state index is 6.31. The summed E-state index contributed by atoms with van der Waals surface area (Å²) in [6, 6.07) is 4.11. The van der Waals surface area contributed by atoms with Crippen LogP contribution in [-0.4, -0.2) is 50.4 Å². The SMILES string of the molecule is COC1CCC(N=C(N=C(N)c2nccn2C)c2[nH]cc(-c3cccnc3)c2C)C1. The predicted octanol–water partition coefficient (Wildman–Crippen LogP) is 2.84. The maximum absolute atomic E-state index is 6.31. The molecule has 1 saturated carbocycles. The van der Waals surface area contributed by atoms with Crippen LogP contribution in [0.5, 0.6) is 0 Å². The zero-order valence-electron chi connectivity index (χ0n) is 17.5. The van der Waals surface area contributed by atoms with Crippen LogP contribution in [0, 0.1) is 6.92 Å². The number of aryl methyl sites for hydroxylation is 1. The molecule has 3 heterocycles. The maximum Gasteiger partial charge on any atom is 0.175 e. The Balaban J connectivity index is 1.75. The smallest absolute Gasteiger partial charge is 0.175 e. The molecule has 0 aromatic carbocycles. The fourth-order valence-corrected chi connectivity index (χ4v) is 3.90. The average Bonchev–Trinajstić information content (AvgIpc) is 3.48. The van der Waals surface area contributed by atoms with Crippen molar-refractivity contribution in [3.05, 3.63) is 60.2 Å². The molecular formula is C22H27N7O. The summed E-state index contributed by atoms with van der Waals surface area (Å²) < 4.78 is 7.36. The number of aromatic amines is 1. The van der Waals surface area contributed by atoms with Gasteiger partial charge in [-0.15, -0.1) is 0 Å². The van der Waals surface area contributed by atoms with Crippen LogP contribution in [0.2, 0.25) is 0 Å². The number of aromatic nitrogens is 4. The highest BCUT2D eigenvalue weighted by atomic mass is 16.5. The summed E-state index contributed by atoms with van der Waals surface area (Å²) in [5.74, 6) is 1.53. The number of nitrogens with one attached hydrogen (secondary N) is 1. The Bertz CT molecular complexity index is 1060. The van der Waals surface area contributed by atoms with Crippen molar-refractivity contribution in [2.45, 2.75) is 38.3 Å². The largest absolute Gasteiger partial charge is 0.381 e. The molecule has 3 aromatic rings. The van der Waals surface area contributed by atoms with E-state index in [9.17, 15) is 0 Å². The number of aliphatic imine (C=N–C) groups is 2. The van der Waals surface area contributed by atoms with Crippen molar-refractivity contribution >= 4 is 11.7 Å². The molecule has 0 radical (unpaired) electrons. The minimum absolute atomic E-state index is 0.146. The molecule has 3 N–H and O–H groups in total. The Morgan fingerprint density at radius 1 is 1.33 bits per heavy atom. The topological polar surface area (TPSA) is 106 Å². The van der Waals surface area contributed by atoms with Crippen molar-refractivity contribution in [2.24, 2.45) is 22.8 Å². The summed E-state index contributed by atoms with van der Waals surface area (Å²) in [5.41, 5.74) is 10.3. The van der Waals surface area contributed by atoms with Gasteiger partial charge >= 0.3 is 0 Å². The van der Waals surface area contributed by atoms with Crippen molar-refractivity contribution in [3.8, 4) is 11.1 Å². The summed E-state index contributed by atoms with van der Waals surface area (Å²) in [5, 5.41) is 0. The van der Waals surface area contributed by atoms with Gasteiger partial charge in [0.05, 0.1) is 17.8 Å². The van der Waals surface area contributed by atoms with Crippen LogP contribution in [0.3, 0.4) is 0 Å². The van der Waals surface area contributed by atoms with Gasteiger partial charge in [-0.1, -0.05) is 6.07 Å². The van der Waals surface area contributed by atoms with Crippen LogP contribution in [0.1, 0.15) is 36.3 Å². The van der Waals surface area contributed by atoms with Gasteiger partial charge in [0.25, 0.3) is 0 Å². The number of nitrogens with zero attached hydrogens (tertiary/aromatic N) is 5. The molecule has 1 fully saturated rings. The standard InChI is InChI=1S/C22H27N7O/c1-14-18(15-5-4-8-24-12-15)13-26-19(14)21(27-16-6-7-17(11-16)30-3)28-20(23)22-25-9-10-29(22)2/h4-5,8-10,12-13,16-17,26H,6-7,11H2,1-3H3,(H2,23,27,28). The van der Waals surface area contributed by atoms with E-state index < -0.39 is 0 Å². The second kappa shape index (κ2) is 8.62. The van der Waals surface area contributed by atoms with E-state index in [0.717, 1.165) is 41.6 Å². The highest BCUT2D eigenvalue weighted by molar-refractivity contribution is 6.10. The number of methoxy groups -OCH3 is 1. The minimum Gasteiger partial charge on any atom is -0.381 e. The monoisotopic (exact) mass is 405 g/mol. The van der Waals surface area contributed by atoms with Crippen LogP contribution in [-0.2, 0) is 11.8 Å². The number of hydrogen-bond donors (Lipinski definition) is 2. The molecule has 8 nitrogen and oxygen atoms in total. The number of nitrogens with two attached hydrogens (primary N) is 1. The minimum atomic E-state index is 0.146. The van der Waals surface area contributed by atoms with Crippen LogP contribution in [0.15, 0.2) is 53.1 Å². The lowest BCUT2D eigenvalue weighted by molar-refractivity contribution is 0.108. The predicted molar refractivity (Wildman–Crippen MR) is 118 cm³/mol. The van der Waals surface area contributed by atoms with E-state index in [1.54, 1.807) is 19.5 Å². The molecule has 8 heteroatoms. The van der Waals surface area contributed by atoms with Gasteiger partial charge in [0.15, 0.2) is 17.5 Å². The van der Waals surface area contributed by atoms with Gasteiger partial charge in [-0.25, -0.2) is 9.98 Å². The lowest BCUT2D eigenvalue weighted by Crippen LogP contribution is -2.21. The lowest BCUT2D eigenvalue weighted by atomic mass is 10.1. The third-order valence-electron chi connectivity index (χ3n) is 5.61. The van der Waals surface area contributed by atoms with Crippen LogP contribution >= 0.6 is 0 Å². The van der Waals surface area contributed by atoms with E-state index in [2.05, 4.69) is 21.9 Å². The van der Waals surface area contributed by atoms with Gasteiger partial charge in [-0.3, -0.25) is 9.98 Å². The quantitative estimate of drug-likeness (QED) is 0.503. The highest BCUT2D eigenvalue weighted by Gasteiger charge is 2.25.